The summed E-state index contributed by atoms with van der Waals surface area (Å²) in [5.41, 5.74) is 1.08. The number of aromatic nitrogens is 1. The van der Waals surface area contributed by atoms with Crippen LogP contribution in [0, 0.1) is 6.92 Å². The Morgan fingerprint density at radius 2 is 1.83 bits per heavy atom. The van der Waals surface area contributed by atoms with Crippen LogP contribution in [0.4, 0.5) is 19.0 Å². The number of pyridine rings is 1. The van der Waals surface area contributed by atoms with Gasteiger partial charge in [-0.05, 0) is 18.6 Å². The summed E-state index contributed by atoms with van der Waals surface area (Å²) in [7, 11) is 0. The van der Waals surface area contributed by atoms with Crippen LogP contribution in [0.25, 0.3) is 0 Å². The van der Waals surface area contributed by atoms with Gasteiger partial charge in [-0.3, -0.25) is 4.90 Å². The number of alkyl halides is 3. The Hall–Kier alpha value is -1.30. The predicted octanol–water partition coefficient (Wildman–Crippen LogP) is 2.07. The quantitative estimate of drug-likeness (QED) is 0.810. The minimum Gasteiger partial charge on any atom is -0.354 e. The summed E-state index contributed by atoms with van der Waals surface area (Å²) in [6.45, 7) is 3.17. The molecular weight excluding hydrogens is 243 g/mol. The fourth-order valence-corrected chi connectivity index (χ4v) is 2.04. The molecule has 1 aromatic rings. The van der Waals surface area contributed by atoms with E-state index in [4.69, 9.17) is 0 Å². The third kappa shape index (κ3) is 3.60. The summed E-state index contributed by atoms with van der Waals surface area (Å²) < 4.78 is 36.7. The summed E-state index contributed by atoms with van der Waals surface area (Å²) in [6, 6.07) is 3.87. The van der Waals surface area contributed by atoms with Crippen molar-refractivity contribution >= 4 is 5.82 Å². The zero-order valence-electron chi connectivity index (χ0n) is 10.2. The first-order chi connectivity index (χ1) is 8.44. The molecule has 1 aliphatic rings. The van der Waals surface area contributed by atoms with Gasteiger partial charge in [0.25, 0.3) is 0 Å². The van der Waals surface area contributed by atoms with Crippen LogP contribution in [0.1, 0.15) is 5.56 Å². The van der Waals surface area contributed by atoms with Crippen LogP contribution in [-0.2, 0) is 0 Å². The van der Waals surface area contributed by atoms with Crippen molar-refractivity contribution in [3.8, 4) is 0 Å². The highest BCUT2D eigenvalue weighted by atomic mass is 19.4. The Bertz CT molecular complexity index is 381. The first kappa shape index (κ1) is 13.1. The van der Waals surface area contributed by atoms with Gasteiger partial charge in [0, 0.05) is 32.4 Å². The highest BCUT2D eigenvalue weighted by Crippen LogP contribution is 2.19. The van der Waals surface area contributed by atoms with Crippen molar-refractivity contribution in [2.24, 2.45) is 0 Å². The number of anilines is 1. The van der Waals surface area contributed by atoms with E-state index in [1.807, 2.05) is 24.0 Å². The lowest BCUT2D eigenvalue weighted by Gasteiger charge is -2.35. The van der Waals surface area contributed by atoms with E-state index in [2.05, 4.69) is 4.98 Å². The van der Waals surface area contributed by atoms with Crippen molar-refractivity contribution in [2.45, 2.75) is 13.1 Å². The Morgan fingerprint density at radius 1 is 1.17 bits per heavy atom. The average molecular weight is 259 g/mol. The molecule has 0 atom stereocenters. The SMILES string of the molecule is Cc1ccc(N2CCN(CC(F)(F)F)CC2)nc1. The molecular formula is C12H16F3N3. The topological polar surface area (TPSA) is 19.4 Å². The van der Waals surface area contributed by atoms with Crippen molar-refractivity contribution in [1.29, 1.82) is 0 Å². The molecule has 0 saturated carbocycles. The minimum absolute atomic E-state index is 0.426. The van der Waals surface area contributed by atoms with E-state index in [1.54, 1.807) is 6.20 Å². The van der Waals surface area contributed by atoms with E-state index in [1.165, 1.54) is 4.90 Å². The van der Waals surface area contributed by atoms with Gasteiger partial charge in [-0.25, -0.2) is 4.98 Å². The zero-order chi connectivity index (χ0) is 13.2. The third-order valence-corrected chi connectivity index (χ3v) is 2.99. The van der Waals surface area contributed by atoms with E-state index < -0.39 is 12.7 Å². The van der Waals surface area contributed by atoms with Gasteiger partial charge in [-0.1, -0.05) is 6.07 Å². The number of aryl methyl sites for hydroxylation is 1. The first-order valence-corrected chi connectivity index (χ1v) is 5.91. The Labute approximate surface area is 104 Å². The lowest BCUT2D eigenvalue weighted by molar-refractivity contribution is -0.146. The van der Waals surface area contributed by atoms with Crippen LogP contribution in [0.15, 0.2) is 18.3 Å². The molecule has 18 heavy (non-hydrogen) atoms. The van der Waals surface area contributed by atoms with Crippen LogP contribution in [-0.4, -0.2) is 48.8 Å². The molecule has 1 aliphatic heterocycles. The molecule has 6 heteroatoms. The lowest BCUT2D eigenvalue weighted by atomic mass is 10.2. The maximum absolute atomic E-state index is 12.2. The largest absolute Gasteiger partial charge is 0.401 e. The Balaban J connectivity index is 1.88. The average Bonchev–Trinajstić information content (AvgIpc) is 2.29. The summed E-state index contributed by atoms with van der Waals surface area (Å²) in [5.74, 6) is 0.840. The fourth-order valence-electron chi connectivity index (χ4n) is 2.04. The van der Waals surface area contributed by atoms with Crippen molar-refractivity contribution in [3.63, 3.8) is 0 Å². The van der Waals surface area contributed by atoms with E-state index in [9.17, 15) is 13.2 Å². The molecule has 2 heterocycles. The van der Waals surface area contributed by atoms with Crippen molar-refractivity contribution < 1.29 is 13.2 Å². The van der Waals surface area contributed by atoms with Gasteiger partial charge in [-0.2, -0.15) is 13.2 Å². The van der Waals surface area contributed by atoms with Gasteiger partial charge in [-0.15, -0.1) is 0 Å². The molecule has 3 nitrogen and oxygen atoms in total. The molecule has 0 N–H and O–H groups in total. The number of hydrogen-bond donors (Lipinski definition) is 0. The fraction of sp³-hybridized carbons (Fsp3) is 0.583. The maximum atomic E-state index is 12.2. The Morgan fingerprint density at radius 3 is 2.33 bits per heavy atom. The van der Waals surface area contributed by atoms with Gasteiger partial charge < -0.3 is 4.90 Å². The lowest BCUT2D eigenvalue weighted by Crippen LogP contribution is -2.49. The molecule has 2 rings (SSSR count). The van der Waals surface area contributed by atoms with Gasteiger partial charge in [0.1, 0.15) is 5.82 Å². The van der Waals surface area contributed by atoms with Gasteiger partial charge in [0.05, 0.1) is 6.54 Å². The van der Waals surface area contributed by atoms with Crippen molar-refractivity contribution in [2.75, 3.05) is 37.6 Å². The second-order valence-electron chi connectivity index (χ2n) is 4.57. The highest BCUT2D eigenvalue weighted by molar-refractivity contribution is 5.39. The molecule has 0 spiro atoms. The summed E-state index contributed by atoms with van der Waals surface area (Å²) >= 11 is 0. The standard InChI is InChI=1S/C12H16F3N3/c1-10-2-3-11(16-8-10)18-6-4-17(5-7-18)9-12(13,14)15/h2-3,8H,4-7,9H2,1H3. The number of halogens is 3. The van der Waals surface area contributed by atoms with E-state index in [-0.39, 0.29) is 0 Å². The van der Waals surface area contributed by atoms with Gasteiger partial charge in [0.15, 0.2) is 0 Å². The van der Waals surface area contributed by atoms with Gasteiger partial charge >= 0.3 is 6.18 Å². The molecule has 0 radical (unpaired) electrons. The molecule has 0 amide bonds. The second kappa shape index (κ2) is 5.14. The minimum atomic E-state index is -4.11. The second-order valence-corrected chi connectivity index (χ2v) is 4.57. The summed E-state index contributed by atoms with van der Waals surface area (Å²) in [4.78, 5) is 7.74. The monoisotopic (exact) mass is 259 g/mol. The molecule has 0 bridgehead atoms. The molecule has 0 aromatic carbocycles. The van der Waals surface area contributed by atoms with E-state index in [0.717, 1.165) is 11.4 Å². The highest BCUT2D eigenvalue weighted by Gasteiger charge is 2.32. The van der Waals surface area contributed by atoms with Crippen LogP contribution >= 0.6 is 0 Å². The first-order valence-electron chi connectivity index (χ1n) is 5.91. The van der Waals surface area contributed by atoms with Crippen molar-refractivity contribution in [1.82, 2.24) is 9.88 Å². The summed E-state index contributed by atoms with van der Waals surface area (Å²) in [6.07, 6.45) is -2.33. The van der Waals surface area contributed by atoms with Crippen molar-refractivity contribution in [3.05, 3.63) is 23.9 Å². The molecule has 1 saturated heterocycles. The van der Waals surface area contributed by atoms with E-state index >= 15 is 0 Å². The molecule has 1 aromatic heterocycles. The third-order valence-electron chi connectivity index (χ3n) is 2.99. The number of piperazine rings is 1. The Kier molecular flexibility index (Phi) is 3.75. The molecule has 1 fully saturated rings. The maximum Gasteiger partial charge on any atom is 0.401 e. The number of hydrogen-bond acceptors (Lipinski definition) is 3. The number of nitrogens with zero attached hydrogens (tertiary/aromatic N) is 3. The normalized spacial score (nSPS) is 18.1. The van der Waals surface area contributed by atoms with Crippen LogP contribution in [0.5, 0.6) is 0 Å². The molecule has 100 valence electrons. The number of rotatable bonds is 2. The molecule has 0 aliphatic carbocycles. The summed E-state index contributed by atoms with van der Waals surface area (Å²) in [5, 5.41) is 0. The van der Waals surface area contributed by atoms with E-state index in [0.29, 0.717) is 26.2 Å². The van der Waals surface area contributed by atoms with Crippen LogP contribution < -0.4 is 4.90 Å². The van der Waals surface area contributed by atoms with Crippen LogP contribution in [0.3, 0.4) is 0 Å². The van der Waals surface area contributed by atoms with Crippen LogP contribution in [0.2, 0.25) is 0 Å². The zero-order valence-corrected chi connectivity index (χ0v) is 10.2. The van der Waals surface area contributed by atoms with Gasteiger partial charge in [0.2, 0.25) is 0 Å². The molecule has 0 unspecified atom stereocenters. The predicted molar refractivity (Wildman–Crippen MR) is 63.7 cm³/mol. The smallest absolute Gasteiger partial charge is 0.354 e.